The van der Waals surface area contributed by atoms with Crippen LogP contribution in [0.3, 0.4) is 0 Å². The molecule has 0 aromatic carbocycles. The van der Waals surface area contributed by atoms with Crippen LogP contribution in [0.1, 0.15) is 24.6 Å². The zero-order chi connectivity index (χ0) is 14.8. The van der Waals surface area contributed by atoms with Gasteiger partial charge in [-0.25, -0.2) is 8.42 Å². The second-order valence-corrected chi connectivity index (χ2v) is 6.72. The molecule has 1 aromatic rings. The molecule has 2 rings (SSSR count). The van der Waals surface area contributed by atoms with Crippen molar-refractivity contribution in [1.29, 1.82) is 0 Å². The van der Waals surface area contributed by atoms with Gasteiger partial charge in [-0.15, -0.1) is 0 Å². The van der Waals surface area contributed by atoms with Crippen LogP contribution in [-0.2, 0) is 21.3 Å². The maximum absolute atomic E-state index is 12.8. The highest BCUT2D eigenvalue weighted by Crippen LogP contribution is 2.24. The van der Waals surface area contributed by atoms with Gasteiger partial charge in [-0.1, -0.05) is 6.92 Å². The van der Waals surface area contributed by atoms with Crippen LogP contribution in [0.2, 0.25) is 0 Å². The van der Waals surface area contributed by atoms with E-state index >= 15 is 0 Å². The lowest BCUT2D eigenvalue weighted by molar-refractivity contribution is 0.0313. The van der Waals surface area contributed by atoms with Gasteiger partial charge in [0.15, 0.2) is 5.03 Å². The number of nitrogens with one attached hydrogen (secondary N) is 2. The Morgan fingerprint density at radius 1 is 1.55 bits per heavy atom. The van der Waals surface area contributed by atoms with E-state index in [9.17, 15) is 8.42 Å². The highest BCUT2D eigenvalue weighted by Gasteiger charge is 2.36. The Balaban J connectivity index is 2.39. The molecule has 1 aromatic heterocycles. The van der Waals surface area contributed by atoms with Crippen molar-refractivity contribution < 1.29 is 13.2 Å². The van der Waals surface area contributed by atoms with Crippen LogP contribution >= 0.6 is 0 Å². The molecule has 7 nitrogen and oxygen atoms in total. The molecular weight excluding hydrogens is 280 g/mol. The Bertz CT molecular complexity index is 555. The first kappa shape index (κ1) is 15.4. The number of ether oxygens (including phenoxy) is 1. The molecule has 1 aliphatic rings. The smallest absolute Gasteiger partial charge is 0.263 e. The summed E-state index contributed by atoms with van der Waals surface area (Å²) in [7, 11) is -1.80. The minimum absolute atomic E-state index is 0.117. The highest BCUT2D eigenvalue weighted by molar-refractivity contribution is 7.89. The van der Waals surface area contributed by atoms with Crippen LogP contribution < -0.4 is 5.32 Å². The summed E-state index contributed by atoms with van der Waals surface area (Å²) in [5, 5.41) is 9.90. The topological polar surface area (TPSA) is 87.3 Å². The van der Waals surface area contributed by atoms with Crippen molar-refractivity contribution in [3.05, 3.63) is 11.3 Å². The van der Waals surface area contributed by atoms with Crippen LogP contribution in [0.15, 0.2) is 5.03 Å². The fourth-order valence-corrected chi connectivity index (χ4v) is 4.25. The molecule has 114 valence electrons. The molecule has 20 heavy (non-hydrogen) atoms. The van der Waals surface area contributed by atoms with E-state index in [1.807, 2.05) is 13.8 Å². The molecule has 2 N–H and O–H groups in total. The molecule has 1 saturated heterocycles. The maximum Gasteiger partial charge on any atom is 0.263 e. The third-order valence-electron chi connectivity index (χ3n) is 3.59. The average Bonchev–Trinajstić information content (AvgIpc) is 2.81. The van der Waals surface area contributed by atoms with Gasteiger partial charge in [-0.05, 0) is 20.4 Å². The summed E-state index contributed by atoms with van der Waals surface area (Å²) >= 11 is 0. The average molecular weight is 302 g/mol. The molecule has 1 unspecified atom stereocenters. The van der Waals surface area contributed by atoms with Crippen molar-refractivity contribution in [1.82, 2.24) is 19.8 Å². The van der Waals surface area contributed by atoms with Crippen molar-refractivity contribution >= 4 is 10.0 Å². The molecule has 0 saturated carbocycles. The summed E-state index contributed by atoms with van der Waals surface area (Å²) in [6.07, 6.45) is 0.726. The Labute approximate surface area is 119 Å². The molecule has 1 atom stereocenters. The highest BCUT2D eigenvalue weighted by atomic mass is 32.2. The van der Waals surface area contributed by atoms with Gasteiger partial charge < -0.3 is 10.1 Å². The van der Waals surface area contributed by atoms with Gasteiger partial charge in [0.2, 0.25) is 0 Å². The van der Waals surface area contributed by atoms with E-state index in [-0.39, 0.29) is 11.1 Å². The summed E-state index contributed by atoms with van der Waals surface area (Å²) in [5.41, 5.74) is 1.48. The largest absolute Gasteiger partial charge is 0.378 e. The van der Waals surface area contributed by atoms with Gasteiger partial charge >= 0.3 is 0 Å². The Morgan fingerprint density at radius 3 is 2.95 bits per heavy atom. The van der Waals surface area contributed by atoms with Gasteiger partial charge in [0.1, 0.15) is 0 Å². The molecule has 1 aliphatic heterocycles. The molecular formula is C12H22N4O3S. The van der Waals surface area contributed by atoms with Gasteiger partial charge in [-0.3, -0.25) is 5.10 Å². The predicted octanol–water partition coefficient (Wildman–Crippen LogP) is 0.237. The standard InChI is InChI=1S/C12H22N4O3S/c1-4-10-8-19-6-5-16(10)20(17,18)12-11(7-13-3)9(2)14-15-12/h10,13H,4-8H2,1-3H3,(H,14,15). The Morgan fingerprint density at radius 2 is 2.30 bits per heavy atom. The first-order valence-electron chi connectivity index (χ1n) is 6.80. The molecule has 1 fully saturated rings. The fraction of sp³-hybridized carbons (Fsp3) is 0.750. The third kappa shape index (κ3) is 2.73. The van der Waals surface area contributed by atoms with Crippen LogP contribution in [0.5, 0.6) is 0 Å². The third-order valence-corrected chi connectivity index (χ3v) is 5.51. The summed E-state index contributed by atoms with van der Waals surface area (Å²) in [6, 6.07) is -0.117. The van der Waals surface area contributed by atoms with Crippen LogP contribution in [0.25, 0.3) is 0 Å². The monoisotopic (exact) mass is 302 g/mol. The molecule has 8 heteroatoms. The number of sulfonamides is 1. The van der Waals surface area contributed by atoms with Crippen LogP contribution in [0, 0.1) is 6.92 Å². The number of aromatic amines is 1. The van der Waals surface area contributed by atoms with Gasteiger partial charge in [-0.2, -0.15) is 9.40 Å². The first-order valence-corrected chi connectivity index (χ1v) is 8.24. The van der Waals surface area contributed by atoms with Crippen molar-refractivity contribution in [2.24, 2.45) is 0 Å². The second-order valence-electron chi connectivity index (χ2n) is 4.92. The van der Waals surface area contributed by atoms with E-state index in [1.165, 1.54) is 4.31 Å². The zero-order valence-electron chi connectivity index (χ0n) is 12.1. The number of aryl methyl sites for hydroxylation is 1. The van der Waals surface area contributed by atoms with Crippen molar-refractivity contribution in [3.63, 3.8) is 0 Å². The normalized spacial score (nSPS) is 21.2. The summed E-state index contributed by atoms with van der Waals surface area (Å²) in [6.45, 7) is 5.52. The molecule has 2 heterocycles. The Kier molecular flexibility index (Phi) is 4.79. The quantitative estimate of drug-likeness (QED) is 0.813. The maximum atomic E-state index is 12.8. The minimum atomic E-state index is -3.58. The summed E-state index contributed by atoms with van der Waals surface area (Å²) < 4.78 is 32.5. The molecule has 0 amide bonds. The number of morpholine rings is 1. The first-order chi connectivity index (χ1) is 9.52. The van der Waals surface area contributed by atoms with Gasteiger partial charge in [0, 0.05) is 30.4 Å². The SMILES string of the molecule is CCC1COCCN1S(=O)(=O)c1n[nH]c(C)c1CNC. The van der Waals surface area contributed by atoms with E-state index in [0.717, 1.165) is 12.1 Å². The zero-order valence-corrected chi connectivity index (χ0v) is 13.0. The minimum Gasteiger partial charge on any atom is -0.378 e. The molecule has 0 radical (unpaired) electrons. The predicted molar refractivity (Wildman–Crippen MR) is 74.9 cm³/mol. The van der Waals surface area contributed by atoms with E-state index in [0.29, 0.717) is 31.9 Å². The van der Waals surface area contributed by atoms with Crippen molar-refractivity contribution in [3.8, 4) is 0 Å². The van der Waals surface area contributed by atoms with Gasteiger partial charge in [0.05, 0.1) is 13.2 Å². The van der Waals surface area contributed by atoms with Crippen molar-refractivity contribution in [2.75, 3.05) is 26.8 Å². The molecule has 0 aliphatic carbocycles. The lowest BCUT2D eigenvalue weighted by atomic mass is 10.2. The van der Waals surface area contributed by atoms with Crippen LogP contribution in [0.4, 0.5) is 0 Å². The van der Waals surface area contributed by atoms with E-state index in [1.54, 1.807) is 7.05 Å². The van der Waals surface area contributed by atoms with E-state index < -0.39 is 10.0 Å². The number of H-pyrrole nitrogens is 1. The molecule has 0 spiro atoms. The van der Waals surface area contributed by atoms with Crippen molar-refractivity contribution in [2.45, 2.75) is 37.9 Å². The number of aromatic nitrogens is 2. The van der Waals surface area contributed by atoms with E-state index in [2.05, 4.69) is 15.5 Å². The molecule has 0 bridgehead atoms. The Hall–Kier alpha value is -0.960. The number of nitrogens with zero attached hydrogens (tertiary/aromatic N) is 2. The second kappa shape index (κ2) is 6.21. The van der Waals surface area contributed by atoms with E-state index in [4.69, 9.17) is 4.74 Å². The lowest BCUT2D eigenvalue weighted by Crippen LogP contribution is -2.48. The number of rotatable bonds is 5. The fourth-order valence-electron chi connectivity index (χ4n) is 2.42. The lowest BCUT2D eigenvalue weighted by Gasteiger charge is -2.33. The summed E-state index contributed by atoms with van der Waals surface area (Å²) in [4.78, 5) is 0. The number of hydrogen-bond acceptors (Lipinski definition) is 5. The van der Waals surface area contributed by atoms with Gasteiger partial charge in [0.25, 0.3) is 10.0 Å². The number of hydrogen-bond donors (Lipinski definition) is 2. The van der Waals surface area contributed by atoms with Crippen LogP contribution in [-0.4, -0.2) is 55.8 Å². The summed E-state index contributed by atoms with van der Waals surface area (Å²) in [5.74, 6) is 0.